The Kier molecular flexibility index (Phi) is 3.76. The molecule has 20 heavy (non-hydrogen) atoms. The van der Waals surface area contributed by atoms with Gasteiger partial charge in [0.1, 0.15) is 5.75 Å². The van der Waals surface area contributed by atoms with Gasteiger partial charge in [-0.1, -0.05) is 26.0 Å². The summed E-state index contributed by atoms with van der Waals surface area (Å²) in [6.07, 6.45) is 3.93. The molecule has 0 spiro atoms. The number of aryl methyl sites for hydroxylation is 1. The van der Waals surface area contributed by atoms with Crippen molar-refractivity contribution >= 4 is 11.8 Å². The van der Waals surface area contributed by atoms with Gasteiger partial charge in [0.05, 0.1) is 12.2 Å². The SMILES string of the molecule is CC1(C)CCSCC1(O)CCc1ccc2c(c1)CCO2. The van der Waals surface area contributed by atoms with Gasteiger partial charge in [-0.15, -0.1) is 0 Å². The van der Waals surface area contributed by atoms with E-state index < -0.39 is 5.60 Å². The van der Waals surface area contributed by atoms with Crippen molar-refractivity contribution in [3.63, 3.8) is 0 Å². The Morgan fingerprint density at radius 3 is 3.00 bits per heavy atom. The number of fused-ring (bicyclic) bond motifs is 1. The summed E-state index contributed by atoms with van der Waals surface area (Å²) in [6.45, 7) is 5.24. The second-order valence-corrected chi connectivity index (χ2v) is 7.86. The maximum absolute atomic E-state index is 11.0. The van der Waals surface area contributed by atoms with Gasteiger partial charge in [0.15, 0.2) is 0 Å². The predicted molar refractivity (Wildman–Crippen MR) is 84.6 cm³/mol. The fraction of sp³-hybridized carbons (Fsp3) is 0.647. The smallest absolute Gasteiger partial charge is 0.122 e. The fourth-order valence-electron chi connectivity index (χ4n) is 3.15. The van der Waals surface area contributed by atoms with Gasteiger partial charge < -0.3 is 9.84 Å². The van der Waals surface area contributed by atoms with E-state index in [0.717, 1.165) is 43.8 Å². The molecule has 1 atom stereocenters. The molecule has 0 aromatic heterocycles. The maximum atomic E-state index is 11.0. The number of hydrogen-bond acceptors (Lipinski definition) is 3. The maximum Gasteiger partial charge on any atom is 0.122 e. The van der Waals surface area contributed by atoms with Gasteiger partial charge in [-0.2, -0.15) is 11.8 Å². The van der Waals surface area contributed by atoms with Crippen molar-refractivity contribution in [3.8, 4) is 5.75 Å². The van der Waals surface area contributed by atoms with Gasteiger partial charge in [0.25, 0.3) is 0 Å². The molecule has 2 nitrogen and oxygen atoms in total. The Labute approximate surface area is 125 Å². The molecule has 0 bridgehead atoms. The molecule has 3 heteroatoms. The van der Waals surface area contributed by atoms with Crippen LogP contribution >= 0.6 is 11.8 Å². The number of thioether (sulfide) groups is 1. The van der Waals surface area contributed by atoms with E-state index in [4.69, 9.17) is 4.74 Å². The van der Waals surface area contributed by atoms with Crippen molar-refractivity contribution in [2.24, 2.45) is 5.41 Å². The zero-order valence-corrected chi connectivity index (χ0v) is 13.3. The van der Waals surface area contributed by atoms with Crippen LogP contribution in [0.25, 0.3) is 0 Å². The van der Waals surface area contributed by atoms with Crippen molar-refractivity contribution in [3.05, 3.63) is 29.3 Å². The first-order valence-corrected chi connectivity index (χ1v) is 8.70. The Morgan fingerprint density at radius 1 is 1.35 bits per heavy atom. The number of benzene rings is 1. The van der Waals surface area contributed by atoms with E-state index in [1.165, 1.54) is 16.9 Å². The second-order valence-electron chi connectivity index (χ2n) is 6.76. The second kappa shape index (κ2) is 5.27. The Hall–Kier alpha value is -0.670. The van der Waals surface area contributed by atoms with E-state index >= 15 is 0 Å². The Balaban J connectivity index is 1.69. The highest BCUT2D eigenvalue weighted by Crippen LogP contribution is 2.44. The molecule has 0 aliphatic carbocycles. The topological polar surface area (TPSA) is 29.5 Å². The number of hydrogen-bond donors (Lipinski definition) is 1. The van der Waals surface area contributed by atoms with Crippen LogP contribution in [-0.4, -0.2) is 28.8 Å². The molecule has 2 aliphatic heterocycles. The minimum atomic E-state index is -0.536. The highest BCUT2D eigenvalue weighted by molar-refractivity contribution is 7.99. The van der Waals surface area contributed by atoms with Crippen molar-refractivity contribution in [1.82, 2.24) is 0 Å². The van der Waals surface area contributed by atoms with E-state index in [2.05, 4.69) is 32.0 Å². The van der Waals surface area contributed by atoms with Crippen LogP contribution in [0.5, 0.6) is 5.75 Å². The lowest BCUT2D eigenvalue weighted by atomic mass is 9.71. The standard InChI is InChI=1S/C17H24O2S/c1-16(2)8-10-20-12-17(16,18)7-5-13-3-4-15-14(11-13)6-9-19-15/h3-4,11,18H,5-10,12H2,1-2H3. The normalized spacial score (nSPS) is 27.9. The van der Waals surface area contributed by atoms with Crippen molar-refractivity contribution < 1.29 is 9.84 Å². The fourth-order valence-corrected chi connectivity index (χ4v) is 4.83. The van der Waals surface area contributed by atoms with Crippen LogP contribution < -0.4 is 4.74 Å². The third kappa shape index (κ3) is 2.58. The van der Waals surface area contributed by atoms with Crippen LogP contribution in [0.2, 0.25) is 0 Å². The quantitative estimate of drug-likeness (QED) is 0.925. The van der Waals surface area contributed by atoms with E-state index in [1.54, 1.807) is 0 Å². The summed E-state index contributed by atoms with van der Waals surface area (Å²) in [5, 5.41) is 11.0. The van der Waals surface area contributed by atoms with Crippen LogP contribution in [0, 0.1) is 5.41 Å². The first-order chi connectivity index (χ1) is 9.50. The molecule has 1 unspecified atom stereocenters. The molecule has 1 fully saturated rings. The summed E-state index contributed by atoms with van der Waals surface area (Å²) in [6, 6.07) is 6.49. The lowest BCUT2D eigenvalue weighted by Gasteiger charge is -2.46. The molecular formula is C17H24O2S. The molecule has 1 aromatic rings. The largest absolute Gasteiger partial charge is 0.493 e. The van der Waals surface area contributed by atoms with E-state index in [0.29, 0.717) is 0 Å². The molecule has 2 heterocycles. The first-order valence-electron chi connectivity index (χ1n) is 7.55. The van der Waals surface area contributed by atoms with Crippen molar-refractivity contribution in [2.45, 2.75) is 45.1 Å². The molecule has 3 rings (SSSR count). The van der Waals surface area contributed by atoms with E-state index in [9.17, 15) is 5.11 Å². The highest BCUT2D eigenvalue weighted by atomic mass is 32.2. The highest BCUT2D eigenvalue weighted by Gasteiger charge is 2.44. The molecule has 1 N–H and O–H groups in total. The van der Waals surface area contributed by atoms with Crippen molar-refractivity contribution in [2.75, 3.05) is 18.1 Å². The number of aliphatic hydroxyl groups is 1. The minimum Gasteiger partial charge on any atom is -0.493 e. The molecule has 1 saturated heterocycles. The molecule has 0 radical (unpaired) electrons. The van der Waals surface area contributed by atoms with Gasteiger partial charge in [-0.05, 0) is 47.6 Å². The first kappa shape index (κ1) is 14.3. The lowest BCUT2D eigenvalue weighted by molar-refractivity contribution is -0.0579. The summed E-state index contributed by atoms with van der Waals surface area (Å²) in [5.41, 5.74) is 2.14. The number of rotatable bonds is 3. The third-order valence-corrected chi connectivity index (χ3v) is 6.23. The van der Waals surface area contributed by atoms with Gasteiger partial charge in [-0.25, -0.2) is 0 Å². The predicted octanol–water partition coefficient (Wildman–Crippen LogP) is 3.45. The van der Waals surface area contributed by atoms with Crippen LogP contribution in [0.1, 0.15) is 37.8 Å². The lowest BCUT2D eigenvalue weighted by Crippen LogP contribution is -2.50. The van der Waals surface area contributed by atoms with E-state index in [-0.39, 0.29) is 5.41 Å². The molecular weight excluding hydrogens is 268 g/mol. The van der Waals surface area contributed by atoms with E-state index in [1.807, 2.05) is 11.8 Å². The summed E-state index contributed by atoms with van der Waals surface area (Å²) in [5.74, 6) is 3.08. The van der Waals surface area contributed by atoms with Crippen molar-refractivity contribution in [1.29, 1.82) is 0 Å². The zero-order valence-electron chi connectivity index (χ0n) is 12.4. The van der Waals surface area contributed by atoms with Crippen LogP contribution in [0.3, 0.4) is 0 Å². The van der Waals surface area contributed by atoms with Gasteiger partial charge in [-0.3, -0.25) is 0 Å². The summed E-state index contributed by atoms with van der Waals surface area (Å²) in [4.78, 5) is 0. The molecule has 0 saturated carbocycles. The van der Waals surface area contributed by atoms with Gasteiger partial charge >= 0.3 is 0 Å². The molecule has 1 aromatic carbocycles. The average Bonchev–Trinajstić information content (AvgIpc) is 2.87. The number of ether oxygens (including phenoxy) is 1. The third-order valence-electron chi connectivity index (χ3n) is 5.05. The monoisotopic (exact) mass is 292 g/mol. The van der Waals surface area contributed by atoms with Gasteiger partial charge in [0, 0.05) is 12.2 Å². The van der Waals surface area contributed by atoms with Crippen LogP contribution in [-0.2, 0) is 12.8 Å². The minimum absolute atomic E-state index is 0.0259. The summed E-state index contributed by atoms with van der Waals surface area (Å²) >= 11 is 1.89. The Morgan fingerprint density at radius 2 is 2.20 bits per heavy atom. The average molecular weight is 292 g/mol. The van der Waals surface area contributed by atoms with Gasteiger partial charge in [0.2, 0.25) is 0 Å². The summed E-state index contributed by atoms with van der Waals surface area (Å²) < 4.78 is 5.55. The Bertz CT molecular complexity index is 498. The molecule has 110 valence electrons. The van der Waals surface area contributed by atoms with Crippen LogP contribution in [0.15, 0.2) is 18.2 Å². The molecule has 0 amide bonds. The summed E-state index contributed by atoms with van der Waals surface area (Å²) in [7, 11) is 0. The zero-order chi connectivity index (χ0) is 14.2. The van der Waals surface area contributed by atoms with Crippen LogP contribution in [0.4, 0.5) is 0 Å². The molecule has 2 aliphatic rings.